The molecule has 1 amide bonds. The highest BCUT2D eigenvalue weighted by molar-refractivity contribution is 5.75. The van der Waals surface area contributed by atoms with Crippen molar-refractivity contribution in [2.24, 2.45) is 11.8 Å². The molecular weight excluding hydrogens is 166 g/mol. The molecule has 0 aliphatic carbocycles. The second kappa shape index (κ2) is 6.63. The van der Waals surface area contributed by atoms with Crippen molar-refractivity contribution >= 4 is 12.2 Å². The van der Waals surface area contributed by atoms with Crippen LogP contribution in [0.15, 0.2) is 0 Å². The molecule has 0 aliphatic rings. The first kappa shape index (κ1) is 12.1. The summed E-state index contributed by atoms with van der Waals surface area (Å²) in [6.45, 7) is 4.10. The van der Waals surface area contributed by atoms with Crippen molar-refractivity contribution < 1.29 is 9.59 Å². The highest BCUT2D eigenvalue weighted by atomic mass is 16.1. The summed E-state index contributed by atoms with van der Waals surface area (Å²) in [5.74, 6) is 0.416. The predicted molar refractivity (Wildman–Crippen MR) is 52.3 cm³/mol. The third-order valence-corrected chi connectivity index (χ3v) is 2.53. The average Bonchev–Trinajstić information content (AvgIpc) is 2.17. The van der Waals surface area contributed by atoms with E-state index in [1.165, 1.54) is 0 Å². The lowest BCUT2D eigenvalue weighted by molar-refractivity contribution is -0.121. The lowest BCUT2D eigenvalue weighted by Gasteiger charge is -2.15. The summed E-state index contributed by atoms with van der Waals surface area (Å²) in [6, 6.07) is 0. The van der Waals surface area contributed by atoms with Crippen LogP contribution in [0, 0.1) is 11.8 Å². The molecule has 3 nitrogen and oxygen atoms in total. The molecule has 0 heterocycles. The number of amides is 1. The number of carbonyl (C=O) groups excluding carboxylic acids is 2. The molecule has 0 spiro atoms. The summed E-state index contributed by atoms with van der Waals surface area (Å²) in [4.78, 5) is 21.6. The van der Waals surface area contributed by atoms with Gasteiger partial charge in [0.25, 0.3) is 0 Å². The minimum atomic E-state index is 0.00940. The van der Waals surface area contributed by atoms with E-state index >= 15 is 0 Å². The van der Waals surface area contributed by atoms with Gasteiger partial charge in [0.15, 0.2) is 0 Å². The van der Waals surface area contributed by atoms with Gasteiger partial charge in [0.05, 0.1) is 0 Å². The highest BCUT2D eigenvalue weighted by Crippen LogP contribution is 2.17. The Morgan fingerprint density at radius 3 is 2.54 bits per heavy atom. The molecule has 0 aromatic rings. The van der Waals surface area contributed by atoms with Crippen LogP contribution >= 0.6 is 0 Å². The lowest BCUT2D eigenvalue weighted by atomic mass is 9.89. The number of rotatable bonds is 6. The molecule has 0 aliphatic heterocycles. The molecule has 0 aromatic heterocycles. The average molecular weight is 185 g/mol. The molecule has 1 N–H and O–H groups in total. The van der Waals surface area contributed by atoms with Gasteiger partial charge in [-0.05, 0) is 12.3 Å². The largest absolute Gasteiger partial charge is 0.359 e. The molecule has 2 unspecified atom stereocenters. The molecule has 0 aromatic carbocycles. The monoisotopic (exact) mass is 185 g/mol. The Balaban J connectivity index is 3.84. The summed E-state index contributed by atoms with van der Waals surface area (Å²) >= 11 is 0. The molecule has 76 valence electrons. The minimum absolute atomic E-state index is 0.00940. The Morgan fingerprint density at radius 2 is 2.15 bits per heavy atom. The molecular formula is C10H19NO2. The van der Waals surface area contributed by atoms with Crippen LogP contribution in [-0.4, -0.2) is 19.2 Å². The molecule has 0 radical (unpaired) electrons. The topological polar surface area (TPSA) is 46.2 Å². The van der Waals surface area contributed by atoms with Crippen molar-refractivity contribution in [2.75, 3.05) is 7.05 Å². The van der Waals surface area contributed by atoms with Gasteiger partial charge in [-0.1, -0.05) is 20.3 Å². The zero-order chi connectivity index (χ0) is 10.3. The Labute approximate surface area is 79.9 Å². The fourth-order valence-corrected chi connectivity index (χ4v) is 1.21. The standard InChI is InChI=1S/C10H19NO2/c1-4-8(2)9(7-12)5-6-10(13)11-3/h7-9H,4-6H2,1-3H3,(H,11,13). The molecule has 0 bridgehead atoms. The van der Waals surface area contributed by atoms with Crippen LogP contribution in [0.3, 0.4) is 0 Å². The van der Waals surface area contributed by atoms with Crippen LogP contribution in [0.5, 0.6) is 0 Å². The number of aldehydes is 1. The number of carbonyl (C=O) groups is 2. The van der Waals surface area contributed by atoms with E-state index in [2.05, 4.69) is 12.2 Å². The van der Waals surface area contributed by atoms with Gasteiger partial charge in [0.1, 0.15) is 6.29 Å². The first-order valence-corrected chi connectivity index (χ1v) is 4.81. The van der Waals surface area contributed by atoms with Crippen molar-refractivity contribution in [2.45, 2.75) is 33.1 Å². The first-order chi connectivity index (χ1) is 6.15. The Morgan fingerprint density at radius 1 is 1.54 bits per heavy atom. The van der Waals surface area contributed by atoms with Gasteiger partial charge in [-0.2, -0.15) is 0 Å². The normalized spacial score (nSPS) is 14.7. The molecule has 2 atom stereocenters. The summed E-state index contributed by atoms with van der Waals surface area (Å²) in [7, 11) is 1.61. The second-order valence-electron chi connectivity index (χ2n) is 3.40. The van der Waals surface area contributed by atoms with Crippen LogP contribution in [0.25, 0.3) is 0 Å². The van der Waals surface area contributed by atoms with Gasteiger partial charge in [0, 0.05) is 19.4 Å². The van der Waals surface area contributed by atoms with E-state index in [1.54, 1.807) is 7.05 Å². The fraction of sp³-hybridized carbons (Fsp3) is 0.800. The Bertz CT molecular complexity index is 168. The minimum Gasteiger partial charge on any atom is -0.359 e. The number of hydrogen-bond donors (Lipinski definition) is 1. The van der Waals surface area contributed by atoms with E-state index in [0.29, 0.717) is 18.8 Å². The molecule has 0 rings (SSSR count). The van der Waals surface area contributed by atoms with Gasteiger partial charge < -0.3 is 10.1 Å². The van der Waals surface area contributed by atoms with Gasteiger partial charge in [-0.3, -0.25) is 4.79 Å². The quantitative estimate of drug-likeness (QED) is 0.635. The maximum absolute atomic E-state index is 10.9. The van der Waals surface area contributed by atoms with Gasteiger partial charge in [0.2, 0.25) is 5.91 Å². The van der Waals surface area contributed by atoms with Crippen molar-refractivity contribution in [3.8, 4) is 0 Å². The zero-order valence-electron chi connectivity index (χ0n) is 8.67. The van der Waals surface area contributed by atoms with Crippen molar-refractivity contribution in [3.05, 3.63) is 0 Å². The Kier molecular flexibility index (Phi) is 6.20. The van der Waals surface area contributed by atoms with Gasteiger partial charge >= 0.3 is 0 Å². The number of hydrogen-bond acceptors (Lipinski definition) is 2. The van der Waals surface area contributed by atoms with E-state index < -0.39 is 0 Å². The molecule has 0 fully saturated rings. The van der Waals surface area contributed by atoms with Gasteiger partial charge in [-0.15, -0.1) is 0 Å². The third kappa shape index (κ3) is 4.65. The predicted octanol–water partition coefficient (Wildman–Crippen LogP) is 1.37. The van der Waals surface area contributed by atoms with E-state index in [-0.39, 0.29) is 11.8 Å². The Hall–Kier alpha value is -0.860. The number of nitrogens with one attached hydrogen (secondary N) is 1. The van der Waals surface area contributed by atoms with Crippen molar-refractivity contribution in [1.29, 1.82) is 0 Å². The van der Waals surface area contributed by atoms with E-state index in [9.17, 15) is 9.59 Å². The van der Waals surface area contributed by atoms with Crippen LogP contribution in [0.2, 0.25) is 0 Å². The molecule has 13 heavy (non-hydrogen) atoms. The second-order valence-corrected chi connectivity index (χ2v) is 3.40. The van der Waals surface area contributed by atoms with E-state index in [0.717, 1.165) is 12.7 Å². The maximum Gasteiger partial charge on any atom is 0.219 e. The van der Waals surface area contributed by atoms with E-state index in [4.69, 9.17) is 0 Å². The SMILES string of the molecule is CCC(C)C(C=O)CCC(=O)NC. The highest BCUT2D eigenvalue weighted by Gasteiger charge is 2.15. The van der Waals surface area contributed by atoms with Gasteiger partial charge in [-0.25, -0.2) is 0 Å². The smallest absolute Gasteiger partial charge is 0.219 e. The molecule has 0 saturated heterocycles. The zero-order valence-corrected chi connectivity index (χ0v) is 8.67. The van der Waals surface area contributed by atoms with Crippen LogP contribution < -0.4 is 5.32 Å². The first-order valence-electron chi connectivity index (χ1n) is 4.81. The van der Waals surface area contributed by atoms with Crippen molar-refractivity contribution in [1.82, 2.24) is 5.32 Å². The fourth-order valence-electron chi connectivity index (χ4n) is 1.21. The van der Waals surface area contributed by atoms with Crippen LogP contribution in [0.4, 0.5) is 0 Å². The lowest BCUT2D eigenvalue weighted by Crippen LogP contribution is -2.21. The summed E-state index contributed by atoms with van der Waals surface area (Å²) < 4.78 is 0. The third-order valence-electron chi connectivity index (χ3n) is 2.53. The maximum atomic E-state index is 10.9. The summed E-state index contributed by atoms with van der Waals surface area (Å²) in [5.41, 5.74) is 0. The molecule has 3 heteroatoms. The van der Waals surface area contributed by atoms with Crippen LogP contribution in [-0.2, 0) is 9.59 Å². The van der Waals surface area contributed by atoms with Crippen molar-refractivity contribution in [3.63, 3.8) is 0 Å². The van der Waals surface area contributed by atoms with E-state index in [1.807, 2.05) is 6.92 Å². The summed E-state index contributed by atoms with van der Waals surface area (Å²) in [6.07, 6.45) is 3.07. The molecule has 0 saturated carbocycles. The van der Waals surface area contributed by atoms with Crippen LogP contribution in [0.1, 0.15) is 33.1 Å². The summed E-state index contributed by atoms with van der Waals surface area (Å²) in [5, 5.41) is 2.55.